The normalized spacial score (nSPS) is 10.2. The Morgan fingerprint density at radius 2 is 1.87 bits per heavy atom. The van der Waals surface area contributed by atoms with Gasteiger partial charge in [-0.25, -0.2) is 0 Å². The summed E-state index contributed by atoms with van der Waals surface area (Å²) in [5.41, 5.74) is 5.96. The highest BCUT2D eigenvalue weighted by Crippen LogP contribution is 2.11. The van der Waals surface area contributed by atoms with Gasteiger partial charge in [-0.1, -0.05) is 11.6 Å². The van der Waals surface area contributed by atoms with E-state index in [9.17, 15) is 4.79 Å². The molecule has 1 heterocycles. The second-order valence-corrected chi connectivity index (χ2v) is 3.42. The van der Waals surface area contributed by atoms with Gasteiger partial charge in [0.1, 0.15) is 5.69 Å². The van der Waals surface area contributed by atoms with Gasteiger partial charge in [-0.2, -0.15) is 9.78 Å². The van der Waals surface area contributed by atoms with Crippen LogP contribution in [0.1, 0.15) is 0 Å². The number of halogens is 1. The first kappa shape index (κ1) is 9.73. The third kappa shape index (κ3) is 1.85. The molecule has 0 fully saturated rings. The van der Waals surface area contributed by atoms with Crippen molar-refractivity contribution in [3.63, 3.8) is 0 Å². The van der Waals surface area contributed by atoms with Crippen LogP contribution in [0.5, 0.6) is 0 Å². The van der Waals surface area contributed by atoms with Crippen molar-refractivity contribution in [3.05, 3.63) is 51.9 Å². The molecule has 0 spiro atoms. The lowest BCUT2D eigenvalue weighted by atomic mass is 10.3. The molecule has 1 aromatic heterocycles. The van der Waals surface area contributed by atoms with Gasteiger partial charge in [0.15, 0.2) is 0 Å². The van der Waals surface area contributed by atoms with Gasteiger partial charge < -0.3 is 5.73 Å². The maximum atomic E-state index is 11.6. The molecule has 1 aromatic carbocycles. The molecule has 0 radical (unpaired) electrons. The van der Waals surface area contributed by atoms with Crippen LogP contribution in [0.4, 0.5) is 5.69 Å². The Morgan fingerprint density at radius 1 is 1.20 bits per heavy atom. The van der Waals surface area contributed by atoms with Crippen LogP contribution in [0.2, 0.25) is 5.02 Å². The van der Waals surface area contributed by atoms with Crippen LogP contribution < -0.4 is 11.3 Å². The number of benzene rings is 1. The van der Waals surface area contributed by atoms with Crippen molar-refractivity contribution in [2.45, 2.75) is 0 Å². The molecule has 0 bridgehead atoms. The highest BCUT2D eigenvalue weighted by molar-refractivity contribution is 6.30. The SMILES string of the molecule is Nc1ccnn(-c2ccc(Cl)cc2)c1=O. The van der Waals surface area contributed by atoms with Gasteiger partial charge in [0.2, 0.25) is 0 Å². The minimum atomic E-state index is -0.333. The monoisotopic (exact) mass is 221 g/mol. The molecule has 0 aliphatic carbocycles. The van der Waals surface area contributed by atoms with Crippen molar-refractivity contribution >= 4 is 17.3 Å². The minimum Gasteiger partial charge on any atom is -0.394 e. The minimum absolute atomic E-state index is 0.167. The maximum absolute atomic E-state index is 11.6. The molecule has 0 saturated heterocycles. The molecule has 5 heteroatoms. The number of hydrogen-bond donors (Lipinski definition) is 1. The van der Waals surface area contributed by atoms with Crippen LogP contribution in [-0.2, 0) is 0 Å². The first-order valence-corrected chi connectivity index (χ1v) is 4.66. The van der Waals surface area contributed by atoms with E-state index in [-0.39, 0.29) is 11.2 Å². The van der Waals surface area contributed by atoms with E-state index in [1.165, 1.54) is 16.9 Å². The molecule has 2 rings (SSSR count). The summed E-state index contributed by atoms with van der Waals surface area (Å²) in [6.07, 6.45) is 1.48. The summed E-state index contributed by atoms with van der Waals surface area (Å²) in [4.78, 5) is 11.6. The predicted molar refractivity (Wildman–Crippen MR) is 59.3 cm³/mol. The van der Waals surface area contributed by atoms with Gasteiger partial charge in [0.05, 0.1) is 11.9 Å². The molecule has 0 unspecified atom stereocenters. The van der Waals surface area contributed by atoms with Crippen molar-refractivity contribution in [2.75, 3.05) is 5.73 Å². The Kier molecular flexibility index (Phi) is 2.43. The number of aromatic nitrogens is 2. The topological polar surface area (TPSA) is 60.9 Å². The van der Waals surface area contributed by atoms with Crippen LogP contribution in [0, 0.1) is 0 Å². The molecule has 2 aromatic rings. The Labute approximate surface area is 90.9 Å². The standard InChI is InChI=1S/C10H8ClN3O/c11-7-1-3-8(4-2-7)14-10(15)9(12)5-6-13-14/h1-6H,12H2. The van der Waals surface area contributed by atoms with Crippen molar-refractivity contribution in [2.24, 2.45) is 0 Å². The van der Waals surface area contributed by atoms with Crippen LogP contribution in [0.25, 0.3) is 5.69 Å². The van der Waals surface area contributed by atoms with Gasteiger partial charge in [0, 0.05) is 5.02 Å². The average molecular weight is 222 g/mol. The molecular weight excluding hydrogens is 214 g/mol. The number of nitrogens with two attached hydrogens (primary N) is 1. The highest BCUT2D eigenvalue weighted by Gasteiger charge is 2.02. The quantitative estimate of drug-likeness (QED) is 0.793. The molecule has 15 heavy (non-hydrogen) atoms. The van der Waals surface area contributed by atoms with Gasteiger partial charge in [-0.15, -0.1) is 0 Å². The summed E-state index contributed by atoms with van der Waals surface area (Å²) in [5.74, 6) is 0. The zero-order valence-electron chi connectivity index (χ0n) is 7.72. The average Bonchev–Trinajstić information content (AvgIpc) is 2.24. The predicted octanol–water partition coefficient (Wildman–Crippen LogP) is 1.47. The fourth-order valence-electron chi connectivity index (χ4n) is 1.19. The lowest BCUT2D eigenvalue weighted by Gasteiger charge is -2.04. The van der Waals surface area contributed by atoms with Crippen molar-refractivity contribution in [1.29, 1.82) is 0 Å². The summed E-state index contributed by atoms with van der Waals surface area (Å²) in [5, 5.41) is 4.53. The van der Waals surface area contributed by atoms with Gasteiger partial charge in [0.25, 0.3) is 5.56 Å². The second kappa shape index (κ2) is 3.74. The summed E-state index contributed by atoms with van der Waals surface area (Å²) in [7, 11) is 0. The van der Waals surface area contributed by atoms with Crippen molar-refractivity contribution in [3.8, 4) is 5.69 Å². The summed E-state index contributed by atoms with van der Waals surface area (Å²) in [6, 6.07) is 8.25. The summed E-state index contributed by atoms with van der Waals surface area (Å²) in [6.45, 7) is 0. The van der Waals surface area contributed by atoms with E-state index in [1.807, 2.05) is 0 Å². The Hall–Kier alpha value is -1.81. The van der Waals surface area contributed by atoms with E-state index in [0.29, 0.717) is 10.7 Å². The Balaban J connectivity index is 2.59. The number of nitrogens with zero attached hydrogens (tertiary/aromatic N) is 2. The Bertz CT molecular complexity index is 533. The van der Waals surface area contributed by atoms with E-state index >= 15 is 0 Å². The first-order chi connectivity index (χ1) is 7.18. The molecule has 0 aliphatic heterocycles. The lowest BCUT2D eigenvalue weighted by Crippen LogP contribution is -2.23. The van der Waals surface area contributed by atoms with Crippen LogP contribution in [-0.4, -0.2) is 9.78 Å². The molecule has 76 valence electrons. The van der Waals surface area contributed by atoms with E-state index < -0.39 is 0 Å². The van der Waals surface area contributed by atoms with Crippen LogP contribution in [0.3, 0.4) is 0 Å². The summed E-state index contributed by atoms with van der Waals surface area (Å²) < 4.78 is 1.23. The fourth-order valence-corrected chi connectivity index (χ4v) is 1.32. The van der Waals surface area contributed by atoms with Gasteiger partial charge in [-0.3, -0.25) is 4.79 Å². The number of anilines is 1. The van der Waals surface area contributed by atoms with Crippen molar-refractivity contribution in [1.82, 2.24) is 9.78 Å². The molecule has 0 amide bonds. The molecule has 4 nitrogen and oxygen atoms in total. The summed E-state index contributed by atoms with van der Waals surface area (Å²) >= 11 is 5.74. The highest BCUT2D eigenvalue weighted by atomic mass is 35.5. The van der Waals surface area contributed by atoms with Crippen LogP contribution in [0.15, 0.2) is 41.3 Å². The molecule has 0 atom stereocenters. The van der Waals surface area contributed by atoms with Crippen LogP contribution >= 0.6 is 11.6 Å². The van der Waals surface area contributed by atoms with Gasteiger partial charge >= 0.3 is 0 Å². The third-order valence-electron chi connectivity index (χ3n) is 1.95. The number of rotatable bonds is 1. The third-order valence-corrected chi connectivity index (χ3v) is 2.20. The molecule has 0 aliphatic rings. The van der Waals surface area contributed by atoms with E-state index in [0.717, 1.165) is 0 Å². The van der Waals surface area contributed by atoms with Gasteiger partial charge in [-0.05, 0) is 30.3 Å². The second-order valence-electron chi connectivity index (χ2n) is 2.98. The smallest absolute Gasteiger partial charge is 0.294 e. The fraction of sp³-hybridized carbons (Fsp3) is 0. The van der Waals surface area contributed by atoms with E-state index in [2.05, 4.69) is 5.10 Å². The number of hydrogen-bond acceptors (Lipinski definition) is 3. The Morgan fingerprint density at radius 3 is 2.53 bits per heavy atom. The lowest BCUT2D eigenvalue weighted by molar-refractivity contribution is 0.810. The first-order valence-electron chi connectivity index (χ1n) is 4.28. The molecule has 2 N–H and O–H groups in total. The van der Waals surface area contributed by atoms with Crippen molar-refractivity contribution < 1.29 is 0 Å². The maximum Gasteiger partial charge on any atom is 0.294 e. The van der Waals surface area contributed by atoms with E-state index in [4.69, 9.17) is 17.3 Å². The molecule has 0 saturated carbocycles. The van der Waals surface area contributed by atoms with E-state index in [1.54, 1.807) is 24.3 Å². The molecular formula is C10H8ClN3O. The number of nitrogen functional groups attached to an aromatic ring is 1. The largest absolute Gasteiger partial charge is 0.394 e. The zero-order valence-corrected chi connectivity index (χ0v) is 8.48. The zero-order chi connectivity index (χ0) is 10.8.